The largest absolute Gasteiger partial charge is 0.381 e. The first-order valence-electron chi connectivity index (χ1n) is 7.62. The molecule has 6 heteroatoms. The van der Waals surface area contributed by atoms with Crippen molar-refractivity contribution in [2.45, 2.75) is 45.7 Å². The van der Waals surface area contributed by atoms with Gasteiger partial charge in [0.05, 0.1) is 11.7 Å². The van der Waals surface area contributed by atoms with Crippen molar-refractivity contribution in [2.24, 2.45) is 13.0 Å². The van der Waals surface area contributed by atoms with Crippen molar-refractivity contribution in [3.63, 3.8) is 0 Å². The smallest absolute Gasteiger partial charge is 0.242 e. The number of nitrogens with zero attached hydrogens (tertiary/aromatic N) is 2. The van der Waals surface area contributed by atoms with Gasteiger partial charge in [0, 0.05) is 32.4 Å². The fraction of sp³-hybridized carbons (Fsp3) is 0.733. The predicted octanol–water partition coefficient (Wildman–Crippen LogP) is 1.46. The molecule has 0 spiro atoms. The second kappa shape index (κ2) is 7.04. The van der Waals surface area contributed by atoms with Gasteiger partial charge in [0.2, 0.25) is 5.91 Å². The van der Waals surface area contributed by atoms with Gasteiger partial charge in [0.15, 0.2) is 0 Å². The Morgan fingerprint density at radius 3 is 2.62 bits per heavy atom. The first kappa shape index (κ1) is 16.0. The van der Waals surface area contributed by atoms with Crippen LogP contribution in [0.4, 0.5) is 5.82 Å². The zero-order chi connectivity index (χ0) is 15.4. The van der Waals surface area contributed by atoms with E-state index in [4.69, 9.17) is 4.74 Å². The van der Waals surface area contributed by atoms with E-state index in [-0.39, 0.29) is 17.9 Å². The number of anilines is 1. The van der Waals surface area contributed by atoms with Crippen LogP contribution in [0, 0.1) is 12.8 Å². The Kier molecular flexibility index (Phi) is 5.36. The number of rotatable bonds is 5. The summed E-state index contributed by atoms with van der Waals surface area (Å²) in [6, 6.07) is 2.03. The summed E-state index contributed by atoms with van der Waals surface area (Å²) in [6.07, 6.45) is 1.92. The number of amides is 1. The molecular weight excluding hydrogens is 268 g/mol. The van der Waals surface area contributed by atoms with E-state index in [1.165, 1.54) is 0 Å². The quantitative estimate of drug-likeness (QED) is 0.863. The van der Waals surface area contributed by atoms with Crippen molar-refractivity contribution < 1.29 is 9.53 Å². The van der Waals surface area contributed by atoms with Crippen LogP contribution in [0.25, 0.3) is 0 Å². The van der Waals surface area contributed by atoms with Gasteiger partial charge in [-0.3, -0.25) is 9.48 Å². The molecule has 6 nitrogen and oxygen atoms in total. The third kappa shape index (κ3) is 4.28. The number of ether oxygens (including phenoxy) is 1. The molecule has 0 bridgehead atoms. The fourth-order valence-corrected chi connectivity index (χ4v) is 2.62. The molecule has 2 rings (SSSR count). The van der Waals surface area contributed by atoms with Gasteiger partial charge in [0.25, 0.3) is 0 Å². The number of hydrogen-bond acceptors (Lipinski definition) is 4. The lowest BCUT2D eigenvalue weighted by Crippen LogP contribution is -2.50. The monoisotopic (exact) mass is 294 g/mol. The van der Waals surface area contributed by atoms with Gasteiger partial charge in [-0.25, -0.2) is 0 Å². The molecule has 1 saturated heterocycles. The number of aryl methyl sites for hydroxylation is 2. The summed E-state index contributed by atoms with van der Waals surface area (Å²) in [7, 11) is 1.83. The van der Waals surface area contributed by atoms with Crippen LogP contribution in [-0.2, 0) is 16.6 Å². The minimum atomic E-state index is -0.205. The van der Waals surface area contributed by atoms with E-state index >= 15 is 0 Å². The Hall–Kier alpha value is -1.40. The van der Waals surface area contributed by atoms with E-state index in [2.05, 4.69) is 29.6 Å². The van der Waals surface area contributed by atoms with Crippen LogP contribution in [-0.4, -0.2) is 41.0 Å². The molecule has 2 N–H and O–H groups in total. The molecule has 0 aliphatic carbocycles. The molecule has 1 amide bonds. The lowest BCUT2D eigenvalue weighted by Gasteiger charge is -2.30. The third-order valence-corrected chi connectivity index (χ3v) is 3.84. The average Bonchev–Trinajstić information content (AvgIpc) is 2.75. The van der Waals surface area contributed by atoms with Crippen LogP contribution in [0.1, 0.15) is 32.4 Å². The van der Waals surface area contributed by atoms with E-state index in [0.29, 0.717) is 6.04 Å². The minimum Gasteiger partial charge on any atom is -0.381 e. The molecule has 0 radical (unpaired) electrons. The Bertz CT molecular complexity index is 478. The van der Waals surface area contributed by atoms with Gasteiger partial charge in [-0.2, -0.15) is 5.10 Å². The van der Waals surface area contributed by atoms with Crippen molar-refractivity contribution in [1.82, 2.24) is 15.1 Å². The van der Waals surface area contributed by atoms with E-state index in [0.717, 1.165) is 37.6 Å². The molecule has 1 unspecified atom stereocenters. The first-order chi connectivity index (χ1) is 9.97. The highest BCUT2D eigenvalue weighted by molar-refractivity contribution is 5.94. The fourth-order valence-electron chi connectivity index (χ4n) is 2.62. The summed E-state index contributed by atoms with van der Waals surface area (Å²) in [5.41, 5.74) is 0.895. The van der Waals surface area contributed by atoms with E-state index in [1.54, 1.807) is 4.68 Å². The molecule has 21 heavy (non-hydrogen) atoms. The molecule has 1 aromatic rings. The van der Waals surface area contributed by atoms with Crippen LogP contribution in [0.15, 0.2) is 6.07 Å². The first-order valence-corrected chi connectivity index (χ1v) is 7.62. The van der Waals surface area contributed by atoms with E-state index in [9.17, 15) is 4.79 Å². The van der Waals surface area contributed by atoms with Gasteiger partial charge < -0.3 is 15.4 Å². The maximum absolute atomic E-state index is 12.5. The number of carbonyl (C=O) groups excluding carboxylic acids is 1. The zero-order valence-electron chi connectivity index (χ0n) is 13.3. The number of aromatic nitrogens is 2. The normalized spacial score (nSPS) is 18.0. The van der Waals surface area contributed by atoms with Crippen molar-refractivity contribution >= 4 is 11.7 Å². The van der Waals surface area contributed by atoms with Gasteiger partial charge in [-0.15, -0.1) is 0 Å². The van der Waals surface area contributed by atoms with Crippen LogP contribution in [0.5, 0.6) is 0 Å². The van der Waals surface area contributed by atoms with Crippen LogP contribution < -0.4 is 10.6 Å². The van der Waals surface area contributed by atoms with Gasteiger partial charge in [0.1, 0.15) is 5.82 Å². The summed E-state index contributed by atoms with van der Waals surface area (Å²) in [5, 5.41) is 10.7. The highest BCUT2D eigenvalue weighted by atomic mass is 16.5. The Morgan fingerprint density at radius 1 is 1.43 bits per heavy atom. The zero-order valence-corrected chi connectivity index (χ0v) is 13.3. The molecule has 0 saturated carbocycles. The lowest BCUT2D eigenvalue weighted by atomic mass is 10.00. The molecule has 1 aromatic heterocycles. The number of nitrogens with one attached hydrogen (secondary N) is 2. The molecule has 118 valence electrons. The van der Waals surface area contributed by atoms with Crippen LogP contribution in [0.2, 0.25) is 0 Å². The highest BCUT2D eigenvalue weighted by Gasteiger charge is 2.26. The molecule has 1 aliphatic rings. The maximum atomic E-state index is 12.5. The van der Waals surface area contributed by atoms with Crippen LogP contribution >= 0.6 is 0 Å². The predicted molar refractivity (Wildman–Crippen MR) is 82.2 cm³/mol. The second-order valence-corrected chi connectivity index (χ2v) is 6.06. The second-order valence-electron chi connectivity index (χ2n) is 6.06. The molecule has 1 atom stereocenters. The summed E-state index contributed by atoms with van der Waals surface area (Å²) in [6.45, 7) is 7.57. The van der Waals surface area contributed by atoms with Crippen molar-refractivity contribution in [2.75, 3.05) is 18.5 Å². The van der Waals surface area contributed by atoms with Gasteiger partial charge >= 0.3 is 0 Å². The van der Waals surface area contributed by atoms with E-state index in [1.807, 2.05) is 20.0 Å². The molecule has 1 fully saturated rings. The Morgan fingerprint density at radius 2 is 2.10 bits per heavy atom. The van der Waals surface area contributed by atoms with Crippen molar-refractivity contribution in [3.8, 4) is 0 Å². The third-order valence-electron chi connectivity index (χ3n) is 3.84. The maximum Gasteiger partial charge on any atom is 0.242 e. The Labute approximate surface area is 126 Å². The van der Waals surface area contributed by atoms with Crippen molar-refractivity contribution in [1.29, 1.82) is 0 Å². The standard InChI is InChI=1S/C15H26N4O2/c1-10(2)14(16-12-5-7-21-8-6-12)15(20)17-13-9-11(3)18-19(13)4/h9-10,12,14,16H,5-8H2,1-4H3,(H,17,20). The lowest BCUT2D eigenvalue weighted by molar-refractivity contribution is -0.119. The summed E-state index contributed by atoms with van der Waals surface area (Å²) in [5.74, 6) is 0.957. The number of carbonyl (C=O) groups is 1. The Balaban J connectivity index is 1.99. The SMILES string of the molecule is Cc1cc(NC(=O)C(NC2CCOCC2)C(C)C)n(C)n1. The molecule has 1 aliphatic heterocycles. The summed E-state index contributed by atoms with van der Waals surface area (Å²) < 4.78 is 7.06. The molecule has 2 heterocycles. The van der Waals surface area contributed by atoms with Gasteiger partial charge in [-0.1, -0.05) is 13.8 Å². The minimum absolute atomic E-state index is 0.000471. The van der Waals surface area contributed by atoms with Crippen molar-refractivity contribution in [3.05, 3.63) is 11.8 Å². The number of hydrogen-bond donors (Lipinski definition) is 2. The summed E-state index contributed by atoms with van der Waals surface area (Å²) in [4.78, 5) is 12.5. The average molecular weight is 294 g/mol. The summed E-state index contributed by atoms with van der Waals surface area (Å²) >= 11 is 0. The van der Waals surface area contributed by atoms with Gasteiger partial charge in [-0.05, 0) is 25.7 Å². The molecular formula is C15H26N4O2. The highest BCUT2D eigenvalue weighted by Crippen LogP contribution is 2.14. The van der Waals surface area contributed by atoms with E-state index < -0.39 is 0 Å². The van der Waals surface area contributed by atoms with Crippen LogP contribution in [0.3, 0.4) is 0 Å². The molecule has 0 aromatic carbocycles. The topological polar surface area (TPSA) is 68.2 Å².